The third kappa shape index (κ3) is 6.34. The number of carbonyl (C=O) groups excluding carboxylic acids is 1. The molecular weight excluding hydrogens is 299 g/mol. The molecule has 0 spiro atoms. The lowest BCUT2D eigenvalue weighted by molar-refractivity contribution is 0.00749. The van der Waals surface area contributed by atoms with Gasteiger partial charge in [-0.15, -0.1) is 0 Å². The number of ether oxygens (including phenoxy) is 1. The van der Waals surface area contributed by atoms with E-state index >= 15 is 0 Å². The van der Waals surface area contributed by atoms with E-state index in [0.717, 1.165) is 0 Å². The van der Waals surface area contributed by atoms with Gasteiger partial charge in [-0.25, -0.2) is 9.18 Å². The van der Waals surface area contributed by atoms with Gasteiger partial charge in [0.15, 0.2) is 11.6 Å². The number of carbonyl (C=O) groups is 1. The van der Waals surface area contributed by atoms with Gasteiger partial charge in [0.05, 0.1) is 0 Å². The predicted octanol–water partition coefficient (Wildman–Crippen LogP) is 3.98. The number of rotatable bonds is 4. The standard InChI is InChI=1S/C17H27FN2O3/c1-16(2,3)20(15(22)23-17(4,5)6)10-9-19-12-7-8-14(21)13(18)11-12/h7-8,11,19,21H,9-10H2,1-6H3. The highest BCUT2D eigenvalue weighted by Gasteiger charge is 2.30. The van der Waals surface area contributed by atoms with E-state index in [2.05, 4.69) is 5.32 Å². The van der Waals surface area contributed by atoms with E-state index in [9.17, 15) is 14.3 Å². The Balaban J connectivity index is 2.68. The number of anilines is 1. The number of benzene rings is 1. The van der Waals surface area contributed by atoms with Crippen LogP contribution in [0.15, 0.2) is 18.2 Å². The zero-order valence-electron chi connectivity index (χ0n) is 14.7. The fourth-order valence-corrected chi connectivity index (χ4v) is 1.95. The van der Waals surface area contributed by atoms with Gasteiger partial charge < -0.3 is 20.1 Å². The third-order valence-corrected chi connectivity index (χ3v) is 3.04. The maximum atomic E-state index is 13.3. The molecule has 0 radical (unpaired) electrons. The average Bonchev–Trinajstić information content (AvgIpc) is 2.35. The molecule has 23 heavy (non-hydrogen) atoms. The number of hydrogen-bond acceptors (Lipinski definition) is 4. The van der Waals surface area contributed by atoms with E-state index < -0.39 is 17.0 Å². The normalized spacial score (nSPS) is 12.0. The first kappa shape index (κ1) is 19.1. The largest absolute Gasteiger partial charge is 0.505 e. The predicted molar refractivity (Wildman–Crippen MR) is 89.2 cm³/mol. The van der Waals surface area contributed by atoms with Crippen molar-refractivity contribution in [2.45, 2.75) is 52.7 Å². The summed E-state index contributed by atoms with van der Waals surface area (Å²) in [6.07, 6.45) is -0.385. The second-order valence-corrected chi connectivity index (χ2v) is 7.40. The molecule has 130 valence electrons. The molecule has 1 aromatic carbocycles. The van der Waals surface area contributed by atoms with Crippen molar-refractivity contribution >= 4 is 11.8 Å². The monoisotopic (exact) mass is 326 g/mol. The molecule has 0 aliphatic heterocycles. The van der Waals surface area contributed by atoms with Crippen molar-refractivity contribution in [1.82, 2.24) is 4.90 Å². The van der Waals surface area contributed by atoms with Crippen LogP contribution in [0.1, 0.15) is 41.5 Å². The number of phenolic OH excluding ortho intramolecular Hbond substituents is 1. The molecule has 0 saturated heterocycles. The number of nitrogens with zero attached hydrogens (tertiary/aromatic N) is 1. The van der Waals surface area contributed by atoms with Crippen LogP contribution in [0.25, 0.3) is 0 Å². The molecule has 2 N–H and O–H groups in total. The highest BCUT2D eigenvalue weighted by molar-refractivity contribution is 5.69. The summed E-state index contributed by atoms with van der Waals surface area (Å²) < 4.78 is 18.7. The molecule has 5 nitrogen and oxygen atoms in total. The van der Waals surface area contributed by atoms with Gasteiger partial charge in [-0.3, -0.25) is 0 Å². The highest BCUT2D eigenvalue weighted by atomic mass is 19.1. The summed E-state index contributed by atoms with van der Waals surface area (Å²) in [5.74, 6) is -1.07. The van der Waals surface area contributed by atoms with Gasteiger partial charge in [0.2, 0.25) is 0 Å². The van der Waals surface area contributed by atoms with Crippen molar-refractivity contribution in [3.8, 4) is 5.75 Å². The SMILES string of the molecule is CC(C)(C)OC(=O)N(CCNc1ccc(O)c(F)c1)C(C)(C)C. The molecule has 0 saturated carbocycles. The molecule has 0 fully saturated rings. The van der Waals surface area contributed by atoms with E-state index in [0.29, 0.717) is 18.8 Å². The van der Waals surface area contributed by atoms with E-state index in [4.69, 9.17) is 4.74 Å². The lowest BCUT2D eigenvalue weighted by atomic mass is 10.1. The minimum absolute atomic E-state index is 0.385. The minimum Gasteiger partial charge on any atom is -0.505 e. The fourth-order valence-electron chi connectivity index (χ4n) is 1.95. The summed E-state index contributed by atoms with van der Waals surface area (Å²) in [6, 6.07) is 4.07. The van der Waals surface area contributed by atoms with Crippen LogP contribution >= 0.6 is 0 Å². The fraction of sp³-hybridized carbons (Fsp3) is 0.588. The van der Waals surface area contributed by atoms with Gasteiger partial charge >= 0.3 is 6.09 Å². The second-order valence-electron chi connectivity index (χ2n) is 7.40. The number of amides is 1. The molecule has 0 bridgehead atoms. The van der Waals surface area contributed by atoms with Crippen LogP contribution in [-0.4, -0.2) is 40.3 Å². The van der Waals surface area contributed by atoms with Gasteiger partial charge in [-0.2, -0.15) is 0 Å². The Bertz CT molecular complexity index is 548. The third-order valence-electron chi connectivity index (χ3n) is 3.04. The second kappa shape index (κ2) is 7.06. The first-order valence-corrected chi connectivity index (χ1v) is 7.63. The van der Waals surface area contributed by atoms with Gasteiger partial charge in [0.25, 0.3) is 0 Å². The van der Waals surface area contributed by atoms with Crippen LogP contribution in [-0.2, 0) is 4.74 Å². The van der Waals surface area contributed by atoms with Gasteiger partial charge in [0, 0.05) is 30.4 Å². The number of halogens is 1. The van der Waals surface area contributed by atoms with E-state index in [1.807, 2.05) is 41.5 Å². The first-order chi connectivity index (χ1) is 10.4. The van der Waals surface area contributed by atoms with E-state index in [1.165, 1.54) is 12.1 Å². The van der Waals surface area contributed by atoms with Crippen LogP contribution in [0.2, 0.25) is 0 Å². The first-order valence-electron chi connectivity index (χ1n) is 7.63. The molecule has 1 amide bonds. The number of aromatic hydroxyl groups is 1. The van der Waals surface area contributed by atoms with Crippen LogP contribution in [0.3, 0.4) is 0 Å². The van der Waals surface area contributed by atoms with Gasteiger partial charge in [0.1, 0.15) is 5.60 Å². The molecular formula is C17H27FN2O3. The van der Waals surface area contributed by atoms with E-state index in [-0.39, 0.29) is 11.8 Å². The summed E-state index contributed by atoms with van der Waals surface area (Å²) in [6.45, 7) is 12.1. The lowest BCUT2D eigenvalue weighted by Crippen LogP contribution is -2.49. The summed E-state index contributed by atoms with van der Waals surface area (Å²) in [4.78, 5) is 14.0. The Hall–Kier alpha value is -1.98. The maximum Gasteiger partial charge on any atom is 0.410 e. The summed E-state index contributed by atoms with van der Waals surface area (Å²) in [7, 11) is 0. The zero-order valence-corrected chi connectivity index (χ0v) is 14.7. The van der Waals surface area contributed by atoms with Crippen LogP contribution in [0, 0.1) is 5.82 Å². The van der Waals surface area contributed by atoms with Crippen molar-refractivity contribution < 1.29 is 19.0 Å². The van der Waals surface area contributed by atoms with Crippen LogP contribution in [0.5, 0.6) is 5.75 Å². The van der Waals surface area contributed by atoms with Crippen molar-refractivity contribution in [2.75, 3.05) is 18.4 Å². The van der Waals surface area contributed by atoms with Crippen molar-refractivity contribution in [3.05, 3.63) is 24.0 Å². The van der Waals surface area contributed by atoms with Crippen LogP contribution in [0.4, 0.5) is 14.9 Å². The maximum absolute atomic E-state index is 13.3. The molecule has 0 aliphatic rings. The number of phenols is 1. The van der Waals surface area contributed by atoms with Gasteiger partial charge in [-0.1, -0.05) is 0 Å². The van der Waals surface area contributed by atoms with Crippen molar-refractivity contribution in [3.63, 3.8) is 0 Å². The highest BCUT2D eigenvalue weighted by Crippen LogP contribution is 2.20. The Morgan fingerprint density at radius 1 is 1.26 bits per heavy atom. The molecule has 0 heterocycles. The molecule has 6 heteroatoms. The average molecular weight is 326 g/mol. The smallest absolute Gasteiger partial charge is 0.410 e. The minimum atomic E-state index is -0.685. The molecule has 0 unspecified atom stereocenters. The number of nitrogens with one attached hydrogen (secondary N) is 1. The molecule has 0 atom stereocenters. The molecule has 1 aromatic rings. The Morgan fingerprint density at radius 3 is 2.35 bits per heavy atom. The summed E-state index contributed by atoms with van der Waals surface area (Å²) >= 11 is 0. The number of hydrogen-bond donors (Lipinski definition) is 2. The molecule has 0 aliphatic carbocycles. The lowest BCUT2D eigenvalue weighted by Gasteiger charge is -2.37. The Morgan fingerprint density at radius 2 is 1.87 bits per heavy atom. The quantitative estimate of drug-likeness (QED) is 0.822. The van der Waals surface area contributed by atoms with Gasteiger partial charge in [-0.05, 0) is 53.7 Å². The van der Waals surface area contributed by atoms with Crippen molar-refractivity contribution in [2.24, 2.45) is 0 Å². The summed E-state index contributed by atoms with van der Waals surface area (Å²) in [5, 5.41) is 12.2. The van der Waals surface area contributed by atoms with Crippen LogP contribution < -0.4 is 5.32 Å². The summed E-state index contributed by atoms with van der Waals surface area (Å²) in [5.41, 5.74) is -0.420. The van der Waals surface area contributed by atoms with E-state index in [1.54, 1.807) is 11.0 Å². The topological polar surface area (TPSA) is 61.8 Å². The molecule has 0 aromatic heterocycles. The Labute approximate surface area is 137 Å². The Kier molecular flexibility index (Phi) is 5.86. The zero-order chi connectivity index (χ0) is 17.8. The van der Waals surface area contributed by atoms with Crippen molar-refractivity contribution in [1.29, 1.82) is 0 Å². The molecule has 1 rings (SSSR count).